The van der Waals surface area contributed by atoms with Gasteiger partial charge in [-0.3, -0.25) is 9.59 Å². The van der Waals surface area contributed by atoms with Gasteiger partial charge in [-0.15, -0.1) is 13.2 Å². The smallest absolute Gasteiger partial charge is 0.406 e. The van der Waals surface area contributed by atoms with Crippen molar-refractivity contribution in [3.8, 4) is 5.75 Å². The van der Waals surface area contributed by atoms with Gasteiger partial charge in [0, 0.05) is 23.5 Å². The number of alkyl halides is 3. The van der Waals surface area contributed by atoms with Crippen LogP contribution in [0.25, 0.3) is 0 Å². The Morgan fingerprint density at radius 1 is 1.11 bits per heavy atom. The van der Waals surface area contributed by atoms with E-state index in [1.54, 1.807) is 0 Å². The van der Waals surface area contributed by atoms with Crippen LogP contribution in [0.15, 0.2) is 53.0 Å². The molecular formula is C25H27BrF3N3O3. The van der Waals surface area contributed by atoms with Gasteiger partial charge in [0.2, 0.25) is 11.8 Å². The van der Waals surface area contributed by atoms with Crippen LogP contribution in [0.5, 0.6) is 5.75 Å². The van der Waals surface area contributed by atoms with Gasteiger partial charge in [-0.1, -0.05) is 40.2 Å². The zero-order chi connectivity index (χ0) is 25.1. The van der Waals surface area contributed by atoms with Gasteiger partial charge in [-0.05, 0) is 67.6 Å². The summed E-state index contributed by atoms with van der Waals surface area (Å²) in [7, 11) is 0. The molecule has 2 aliphatic rings. The molecule has 3 N–H and O–H groups in total. The highest BCUT2D eigenvalue weighted by Crippen LogP contribution is 2.49. The van der Waals surface area contributed by atoms with Crippen LogP contribution in [-0.4, -0.2) is 43.3 Å². The summed E-state index contributed by atoms with van der Waals surface area (Å²) >= 11 is 3.40. The number of carbonyl (C=O) groups excluding carboxylic acids is 2. The molecule has 35 heavy (non-hydrogen) atoms. The van der Waals surface area contributed by atoms with E-state index in [9.17, 15) is 22.8 Å². The van der Waals surface area contributed by atoms with E-state index >= 15 is 0 Å². The Kier molecular flexibility index (Phi) is 7.70. The molecule has 0 bridgehead atoms. The number of rotatable bonds is 8. The molecule has 1 saturated heterocycles. The number of carbonyl (C=O) groups is 2. The van der Waals surface area contributed by atoms with E-state index < -0.39 is 17.8 Å². The first-order valence-corrected chi connectivity index (χ1v) is 12.4. The molecule has 2 amide bonds. The van der Waals surface area contributed by atoms with Gasteiger partial charge < -0.3 is 20.7 Å². The van der Waals surface area contributed by atoms with Crippen LogP contribution in [0.3, 0.4) is 0 Å². The number of piperidine rings is 1. The molecule has 2 fully saturated rings. The first-order valence-electron chi connectivity index (χ1n) is 11.6. The largest absolute Gasteiger partial charge is 0.573 e. The number of halogens is 4. The van der Waals surface area contributed by atoms with E-state index in [1.807, 2.05) is 24.3 Å². The van der Waals surface area contributed by atoms with E-state index in [4.69, 9.17) is 0 Å². The Bertz CT molecular complexity index is 1030. The predicted molar refractivity (Wildman–Crippen MR) is 128 cm³/mol. The molecule has 0 spiro atoms. The Morgan fingerprint density at radius 2 is 1.80 bits per heavy atom. The molecule has 2 aromatic carbocycles. The Labute approximate surface area is 210 Å². The highest BCUT2D eigenvalue weighted by Gasteiger charge is 2.52. The lowest BCUT2D eigenvalue weighted by Crippen LogP contribution is -2.55. The normalized spacial score (nSPS) is 19.9. The fourth-order valence-corrected chi connectivity index (χ4v) is 4.65. The molecule has 10 heteroatoms. The van der Waals surface area contributed by atoms with Crippen molar-refractivity contribution in [3.63, 3.8) is 0 Å². The molecule has 1 heterocycles. The van der Waals surface area contributed by atoms with E-state index in [1.165, 1.54) is 24.3 Å². The maximum atomic E-state index is 13.4. The van der Waals surface area contributed by atoms with E-state index in [0.29, 0.717) is 31.4 Å². The van der Waals surface area contributed by atoms with Gasteiger partial charge in [0.25, 0.3) is 0 Å². The third kappa shape index (κ3) is 6.76. The van der Waals surface area contributed by atoms with Gasteiger partial charge in [0.05, 0.1) is 5.41 Å². The second-order valence-corrected chi connectivity index (χ2v) is 9.98. The van der Waals surface area contributed by atoms with Gasteiger partial charge in [0.1, 0.15) is 11.8 Å². The number of nitrogens with one attached hydrogen (secondary N) is 3. The fourth-order valence-electron chi connectivity index (χ4n) is 4.39. The summed E-state index contributed by atoms with van der Waals surface area (Å²) in [6.07, 6.45) is -1.52. The van der Waals surface area contributed by atoms with Crippen molar-refractivity contribution in [1.29, 1.82) is 0 Å². The maximum absolute atomic E-state index is 13.4. The average molecular weight is 554 g/mol. The van der Waals surface area contributed by atoms with Gasteiger partial charge >= 0.3 is 6.36 Å². The highest BCUT2D eigenvalue weighted by atomic mass is 79.9. The first-order chi connectivity index (χ1) is 16.6. The van der Waals surface area contributed by atoms with Crippen LogP contribution in [0.1, 0.15) is 36.8 Å². The Hall–Kier alpha value is -2.59. The third-order valence-corrected chi connectivity index (χ3v) is 6.97. The molecule has 6 nitrogen and oxygen atoms in total. The first kappa shape index (κ1) is 25.5. The molecule has 2 aromatic rings. The van der Waals surface area contributed by atoms with E-state index in [0.717, 1.165) is 29.4 Å². The van der Waals surface area contributed by atoms with Crippen molar-refractivity contribution in [1.82, 2.24) is 16.0 Å². The quantitative estimate of drug-likeness (QED) is 0.462. The van der Waals surface area contributed by atoms with Crippen LogP contribution >= 0.6 is 15.9 Å². The van der Waals surface area contributed by atoms with Crippen molar-refractivity contribution in [3.05, 3.63) is 64.1 Å². The summed E-state index contributed by atoms with van der Waals surface area (Å²) in [6.45, 7) is 1.60. The summed E-state index contributed by atoms with van der Waals surface area (Å²) in [6, 6.07) is 12.1. The van der Waals surface area contributed by atoms with Crippen molar-refractivity contribution >= 4 is 27.7 Å². The number of amides is 2. The molecule has 2 atom stereocenters. The molecule has 0 radical (unpaired) electrons. The maximum Gasteiger partial charge on any atom is 0.573 e. The number of benzene rings is 2. The van der Waals surface area contributed by atoms with Gasteiger partial charge in [-0.2, -0.15) is 0 Å². The van der Waals surface area contributed by atoms with Crippen molar-refractivity contribution < 1.29 is 27.5 Å². The minimum absolute atomic E-state index is 0.00312. The molecule has 1 aliphatic carbocycles. The minimum atomic E-state index is -4.78. The standard InChI is InChI=1S/C25H27BrF3N3O3/c26-18-7-3-16(4-8-18)14-21(22(33)31-19-2-1-13-30-15-19)32-23(34)24(11-12-24)17-5-9-20(10-6-17)35-25(27,28)29/h3-10,19,21,30H,1-2,11-15H2,(H,31,33)(H,32,34)/t19-,21+/m1/s1. The summed E-state index contributed by atoms with van der Waals surface area (Å²) in [5.74, 6) is -0.897. The summed E-state index contributed by atoms with van der Waals surface area (Å²) in [5.41, 5.74) is 0.638. The van der Waals surface area contributed by atoms with Gasteiger partial charge in [-0.25, -0.2) is 0 Å². The van der Waals surface area contributed by atoms with Crippen molar-refractivity contribution in [2.45, 2.75) is 56.0 Å². The van der Waals surface area contributed by atoms with Gasteiger partial charge in [0.15, 0.2) is 0 Å². The monoisotopic (exact) mass is 553 g/mol. The SMILES string of the molecule is O=C(N[C@@H]1CCCNC1)[C@H](Cc1ccc(Br)cc1)NC(=O)C1(c2ccc(OC(F)(F)F)cc2)CC1. The number of hydrogen-bond donors (Lipinski definition) is 3. The highest BCUT2D eigenvalue weighted by molar-refractivity contribution is 9.10. The third-order valence-electron chi connectivity index (χ3n) is 6.44. The van der Waals surface area contributed by atoms with E-state index in [-0.39, 0.29) is 23.6 Å². The number of hydrogen-bond acceptors (Lipinski definition) is 4. The fraction of sp³-hybridized carbons (Fsp3) is 0.440. The lowest BCUT2D eigenvalue weighted by Gasteiger charge is -2.28. The van der Waals surface area contributed by atoms with Crippen LogP contribution < -0.4 is 20.7 Å². The molecule has 1 aliphatic heterocycles. The zero-order valence-electron chi connectivity index (χ0n) is 19.0. The summed E-state index contributed by atoms with van der Waals surface area (Å²) < 4.78 is 42.3. The Morgan fingerprint density at radius 3 is 2.37 bits per heavy atom. The lowest BCUT2D eigenvalue weighted by atomic mass is 9.93. The Balaban J connectivity index is 1.48. The van der Waals surface area contributed by atoms with Crippen molar-refractivity contribution in [2.24, 2.45) is 0 Å². The molecule has 1 saturated carbocycles. The summed E-state index contributed by atoms with van der Waals surface area (Å²) in [4.78, 5) is 26.6. The van der Waals surface area contributed by atoms with E-state index in [2.05, 4.69) is 36.6 Å². The number of ether oxygens (including phenoxy) is 1. The molecule has 0 aromatic heterocycles. The van der Waals surface area contributed by atoms with Crippen molar-refractivity contribution in [2.75, 3.05) is 13.1 Å². The van der Waals surface area contributed by atoms with Crippen LogP contribution in [0, 0.1) is 0 Å². The molecule has 0 unspecified atom stereocenters. The molecule has 188 valence electrons. The zero-order valence-corrected chi connectivity index (χ0v) is 20.5. The second kappa shape index (κ2) is 10.6. The molecule has 4 rings (SSSR count). The second-order valence-electron chi connectivity index (χ2n) is 9.06. The lowest BCUT2D eigenvalue weighted by molar-refractivity contribution is -0.274. The topological polar surface area (TPSA) is 79.5 Å². The van der Waals surface area contributed by atoms with Crippen LogP contribution in [-0.2, 0) is 21.4 Å². The summed E-state index contributed by atoms with van der Waals surface area (Å²) in [5, 5.41) is 9.24. The van der Waals surface area contributed by atoms with Crippen LogP contribution in [0.4, 0.5) is 13.2 Å². The minimum Gasteiger partial charge on any atom is -0.406 e. The predicted octanol–water partition coefficient (Wildman–Crippen LogP) is 3.98. The van der Waals surface area contributed by atoms with Crippen LogP contribution in [0.2, 0.25) is 0 Å². The average Bonchev–Trinajstić information content (AvgIpc) is 3.62. The molecular weight excluding hydrogens is 527 g/mol.